The van der Waals surface area contributed by atoms with Crippen molar-refractivity contribution in [2.24, 2.45) is 4.99 Å². The molecule has 0 N–H and O–H groups in total. The SMILES string of the molecule is CCOC(=O)c1cc2c(=O)n3ccccc3nc2n(Cc2ccco2)c1=NC(=O)c1ccc(-c2ccccc2)cc1. The third-order valence-electron chi connectivity index (χ3n) is 6.63. The zero-order chi connectivity index (χ0) is 28.3. The van der Waals surface area contributed by atoms with Gasteiger partial charge in [-0.25, -0.2) is 9.78 Å². The lowest BCUT2D eigenvalue weighted by Crippen LogP contribution is -2.33. The van der Waals surface area contributed by atoms with E-state index in [9.17, 15) is 14.4 Å². The second-order valence-corrected chi connectivity index (χ2v) is 9.21. The number of esters is 1. The fourth-order valence-corrected chi connectivity index (χ4v) is 4.66. The van der Waals surface area contributed by atoms with Crippen molar-refractivity contribution < 1.29 is 18.7 Å². The third-order valence-corrected chi connectivity index (χ3v) is 6.63. The number of carbonyl (C=O) groups is 2. The van der Waals surface area contributed by atoms with Crippen molar-refractivity contribution in [1.29, 1.82) is 0 Å². The van der Waals surface area contributed by atoms with Gasteiger partial charge in [-0.2, -0.15) is 4.99 Å². The van der Waals surface area contributed by atoms with Crippen LogP contribution in [0.3, 0.4) is 0 Å². The van der Waals surface area contributed by atoms with Crippen LogP contribution in [-0.4, -0.2) is 32.4 Å². The molecule has 0 radical (unpaired) electrons. The molecule has 0 aliphatic rings. The monoisotopic (exact) mass is 544 g/mol. The van der Waals surface area contributed by atoms with E-state index in [0.717, 1.165) is 11.1 Å². The third kappa shape index (κ3) is 4.96. The predicted octanol–water partition coefficient (Wildman–Crippen LogP) is 4.88. The van der Waals surface area contributed by atoms with Gasteiger partial charge in [0.15, 0.2) is 5.49 Å². The van der Waals surface area contributed by atoms with E-state index in [1.54, 1.807) is 60.2 Å². The van der Waals surface area contributed by atoms with Crippen molar-refractivity contribution in [3.05, 3.63) is 136 Å². The van der Waals surface area contributed by atoms with Crippen molar-refractivity contribution in [2.45, 2.75) is 13.5 Å². The number of hydrogen-bond donors (Lipinski definition) is 0. The Labute approximate surface area is 233 Å². The zero-order valence-corrected chi connectivity index (χ0v) is 22.1. The smallest absolute Gasteiger partial charge is 0.341 e. The van der Waals surface area contributed by atoms with Gasteiger partial charge >= 0.3 is 5.97 Å². The average Bonchev–Trinajstić information content (AvgIpc) is 3.52. The lowest BCUT2D eigenvalue weighted by Gasteiger charge is -2.14. The molecule has 6 aromatic rings. The number of carbonyl (C=O) groups excluding carboxylic acids is 2. The number of amides is 1. The van der Waals surface area contributed by atoms with E-state index >= 15 is 0 Å². The largest absolute Gasteiger partial charge is 0.467 e. The molecule has 1 amide bonds. The maximum absolute atomic E-state index is 13.5. The van der Waals surface area contributed by atoms with Gasteiger partial charge in [-0.05, 0) is 60.5 Å². The fourth-order valence-electron chi connectivity index (χ4n) is 4.66. The molecule has 6 rings (SSSR count). The molecule has 0 unspecified atom stereocenters. The van der Waals surface area contributed by atoms with Gasteiger partial charge in [-0.1, -0.05) is 48.5 Å². The summed E-state index contributed by atoms with van der Waals surface area (Å²) < 4.78 is 13.8. The highest BCUT2D eigenvalue weighted by Gasteiger charge is 2.21. The first-order chi connectivity index (χ1) is 20.0. The molecule has 202 valence electrons. The Morgan fingerprint density at radius 1 is 0.927 bits per heavy atom. The maximum atomic E-state index is 13.5. The quantitative estimate of drug-likeness (QED) is 0.219. The highest BCUT2D eigenvalue weighted by atomic mass is 16.5. The molecule has 0 bridgehead atoms. The number of pyridine rings is 2. The molecule has 4 aromatic heterocycles. The number of aromatic nitrogens is 3. The summed E-state index contributed by atoms with van der Waals surface area (Å²) in [4.78, 5) is 49.4. The van der Waals surface area contributed by atoms with Crippen LogP contribution in [0, 0.1) is 0 Å². The van der Waals surface area contributed by atoms with Crippen LogP contribution in [0.2, 0.25) is 0 Å². The molecule has 0 saturated carbocycles. The van der Waals surface area contributed by atoms with E-state index in [1.165, 1.54) is 16.7 Å². The highest BCUT2D eigenvalue weighted by molar-refractivity contribution is 5.97. The topological polar surface area (TPSA) is 108 Å². The van der Waals surface area contributed by atoms with Crippen LogP contribution in [-0.2, 0) is 11.3 Å². The zero-order valence-electron chi connectivity index (χ0n) is 22.1. The predicted molar refractivity (Wildman–Crippen MR) is 152 cm³/mol. The molecule has 0 aliphatic carbocycles. The van der Waals surface area contributed by atoms with Crippen LogP contribution in [0.25, 0.3) is 27.8 Å². The van der Waals surface area contributed by atoms with E-state index in [0.29, 0.717) is 17.0 Å². The minimum Gasteiger partial charge on any atom is -0.467 e. The highest BCUT2D eigenvalue weighted by Crippen LogP contribution is 2.20. The first-order valence-electron chi connectivity index (χ1n) is 13.0. The number of nitrogens with zero attached hydrogens (tertiary/aromatic N) is 4. The molecule has 41 heavy (non-hydrogen) atoms. The molecule has 0 atom stereocenters. The molecule has 0 saturated heterocycles. The van der Waals surface area contributed by atoms with E-state index < -0.39 is 11.9 Å². The van der Waals surface area contributed by atoms with E-state index in [-0.39, 0.29) is 40.8 Å². The Morgan fingerprint density at radius 3 is 2.41 bits per heavy atom. The molecular weight excluding hydrogens is 520 g/mol. The van der Waals surface area contributed by atoms with E-state index in [1.807, 2.05) is 42.5 Å². The first-order valence-corrected chi connectivity index (χ1v) is 13.0. The summed E-state index contributed by atoms with van der Waals surface area (Å²) in [5, 5.41) is 0.168. The molecule has 4 heterocycles. The van der Waals surface area contributed by atoms with Gasteiger partial charge in [0.1, 0.15) is 22.6 Å². The molecule has 0 spiro atoms. The number of benzene rings is 2. The molecule has 0 aliphatic heterocycles. The Morgan fingerprint density at radius 2 is 1.68 bits per heavy atom. The summed E-state index contributed by atoms with van der Waals surface area (Å²) in [6, 6.07) is 26.9. The normalized spacial score (nSPS) is 11.7. The lowest BCUT2D eigenvalue weighted by atomic mass is 10.0. The Hall–Kier alpha value is -5.57. The van der Waals surface area contributed by atoms with Crippen LogP contribution in [0.15, 0.2) is 118 Å². The Balaban J connectivity index is 1.59. The maximum Gasteiger partial charge on any atom is 0.341 e. The van der Waals surface area contributed by atoms with Crippen LogP contribution in [0.5, 0.6) is 0 Å². The van der Waals surface area contributed by atoms with Crippen molar-refractivity contribution in [2.75, 3.05) is 6.61 Å². The average molecular weight is 545 g/mol. The summed E-state index contributed by atoms with van der Waals surface area (Å²) in [6.07, 6.45) is 3.12. The van der Waals surface area contributed by atoms with Gasteiger partial charge in [-0.15, -0.1) is 0 Å². The summed E-state index contributed by atoms with van der Waals surface area (Å²) in [6.45, 7) is 1.83. The summed E-state index contributed by atoms with van der Waals surface area (Å²) in [5.41, 5.74) is 2.54. The fraction of sp³-hybridized carbons (Fsp3) is 0.0938. The van der Waals surface area contributed by atoms with Crippen molar-refractivity contribution >= 4 is 28.6 Å². The molecular formula is C32H24N4O5. The van der Waals surface area contributed by atoms with Crippen LogP contribution >= 0.6 is 0 Å². The lowest BCUT2D eigenvalue weighted by molar-refractivity contribution is 0.0523. The van der Waals surface area contributed by atoms with Gasteiger partial charge in [0.05, 0.1) is 24.8 Å². The number of hydrogen-bond acceptors (Lipinski definition) is 6. The molecule has 2 aromatic carbocycles. The molecule has 9 nitrogen and oxygen atoms in total. The van der Waals surface area contributed by atoms with Crippen LogP contribution in [0.1, 0.15) is 33.4 Å². The minimum atomic E-state index is -0.717. The van der Waals surface area contributed by atoms with Gasteiger partial charge in [0, 0.05) is 11.8 Å². The molecule has 0 fully saturated rings. The number of fused-ring (bicyclic) bond motifs is 2. The van der Waals surface area contributed by atoms with Gasteiger partial charge in [-0.3, -0.25) is 14.0 Å². The summed E-state index contributed by atoms with van der Waals surface area (Å²) in [7, 11) is 0. The van der Waals surface area contributed by atoms with Gasteiger partial charge in [0.2, 0.25) is 0 Å². The van der Waals surface area contributed by atoms with Crippen molar-refractivity contribution in [3.63, 3.8) is 0 Å². The summed E-state index contributed by atoms with van der Waals surface area (Å²) >= 11 is 0. The second kappa shape index (κ2) is 10.9. The standard InChI is InChI=1S/C32H24N4O5/c1-2-40-32(39)26-19-25-28(33-27-12-6-7-17-35(27)31(25)38)36(20-24-11-8-18-41-24)29(26)34-30(37)23-15-13-22(14-16-23)21-9-4-3-5-10-21/h3-19H,2,20H2,1H3. The Kier molecular flexibility index (Phi) is 6.83. The van der Waals surface area contributed by atoms with Crippen molar-refractivity contribution in [3.8, 4) is 11.1 Å². The second-order valence-electron chi connectivity index (χ2n) is 9.21. The number of rotatable bonds is 6. The number of ether oxygens (including phenoxy) is 1. The number of furan rings is 1. The van der Waals surface area contributed by atoms with Gasteiger partial charge < -0.3 is 13.7 Å². The van der Waals surface area contributed by atoms with Crippen LogP contribution in [0.4, 0.5) is 0 Å². The van der Waals surface area contributed by atoms with Gasteiger partial charge in [0.25, 0.3) is 11.5 Å². The first kappa shape index (κ1) is 25.7. The summed E-state index contributed by atoms with van der Waals surface area (Å²) in [5.74, 6) is -0.769. The molecule has 9 heteroatoms. The Bertz CT molecular complexity index is 2020. The van der Waals surface area contributed by atoms with Crippen LogP contribution < -0.4 is 11.0 Å². The van der Waals surface area contributed by atoms with E-state index in [4.69, 9.17) is 14.1 Å². The van der Waals surface area contributed by atoms with Crippen molar-refractivity contribution in [1.82, 2.24) is 14.0 Å². The van der Waals surface area contributed by atoms with E-state index in [2.05, 4.69) is 4.99 Å². The minimum absolute atomic E-state index is 0.0108.